The smallest absolute Gasteiger partial charge is 0.240 e. The van der Waals surface area contributed by atoms with Gasteiger partial charge in [0.15, 0.2) is 0 Å². The molecule has 2 aromatic carbocycles. The van der Waals surface area contributed by atoms with Gasteiger partial charge in [-0.05, 0) is 42.3 Å². The summed E-state index contributed by atoms with van der Waals surface area (Å²) in [6, 6.07) is 13.9. The molecule has 0 aliphatic carbocycles. The molecule has 1 heterocycles. The highest BCUT2D eigenvalue weighted by molar-refractivity contribution is 9.10. The van der Waals surface area contributed by atoms with Gasteiger partial charge in [-0.1, -0.05) is 34.1 Å². The van der Waals surface area contributed by atoms with Crippen LogP contribution in [0, 0.1) is 0 Å². The van der Waals surface area contributed by atoms with Crippen molar-refractivity contribution in [1.29, 1.82) is 0 Å². The highest BCUT2D eigenvalue weighted by Gasteiger charge is 2.25. The average Bonchev–Trinajstić information content (AvgIpc) is 2.47. The summed E-state index contributed by atoms with van der Waals surface area (Å²) in [6.45, 7) is 0.334. The monoisotopic (exact) mass is 367 g/mol. The van der Waals surface area contributed by atoms with Crippen molar-refractivity contribution in [2.45, 2.75) is 17.4 Å². The van der Waals surface area contributed by atoms with E-state index in [2.05, 4.69) is 20.7 Å². The lowest BCUT2D eigenvalue weighted by atomic mass is 10.0. The molecule has 1 N–H and O–H groups in total. The zero-order valence-corrected chi connectivity index (χ0v) is 13.5. The minimum absolute atomic E-state index is 0.267. The molecule has 0 saturated carbocycles. The molecular weight excluding hydrogens is 354 g/mol. The first-order chi connectivity index (χ1) is 10.0. The fourth-order valence-corrected chi connectivity index (χ4v) is 3.98. The molecule has 1 aliphatic rings. The summed E-state index contributed by atoms with van der Waals surface area (Å²) in [5, 5.41) is 0. The maximum Gasteiger partial charge on any atom is 0.240 e. The summed E-state index contributed by atoms with van der Waals surface area (Å²) in [5.74, 6) is 0.813. The molecule has 0 amide bonds. The molecule has 0 fully saturated rings. The Labute approximate surface area is 132 Å². The Balaban J connectivity index is 1.78. The van der Waals surface area contributed by atoms with E-state index in [-0.39, 0.29) is 10.9 Å². The summed E-state index contributed by atoms with van der Waals surface area (Å²) in [4.78, 5) is 0.269. The van der Waals surface area contributed by atoms with Gasteiger partial charge in [0, 0.05) is 4.47 Å². The highest BCUT2D eigenvalue weighted by Crippen LogP contribution is 2.28. The third-order valence-corrected chi connectivity index (χ3v) is 5.33. The SMILES string of the molecule is O=S(=O)(NC1COc2ccc(Br)cc2C1)c1ccccc1. The van der Waals surface area contributed by atoms with E-state index in [1.54, 1.807) is 30.3 Å². The molecule has 1 unspecified atom stereocenters. The van der Waals surface area contributed by atoms with Crippen LogP contribution in [0.1, 0.15) is 5.56 Å². The van der Waals surface area contributed by atoms with Crippen LogP contribution in [0.2, 0.25) is 0 Å². The second-order valence-corrected chi connectivity index (χ2v) is 7.53. The highest BCUT2D eigenvalue weighted by atomic mass is 79.9. The van der Waals surface area contributed by atoms with E-state index in [1.807, 2.05) is 18.2 Å². The molecule has 0 aromatic heterocycles. The minimum atomic E-state index is -3.51. The molecule has 1 atom stereocenters. The van der Waals surface area contributed by atoms with Crippen molar-refractivity contribution >= 4 is 26.0 Å². The predicted molar refractivity (Wildman–Crippen MR) is 83.9 cm³/mol. The molecule has 4 nitrogen and oxygen atoms in total. The molecular formula is C15H14BrNO3S. The topological polar surface area (TPSA) is 55.4 Å². The van der Waals surface area contributed by atoms with E-state index in [0.29, 0.717) is 13.0 Å². The number of nitrogens with one attached hydrogen (secondary N) is 1. The van der Waals surface area contributed by atoms with Gasteiger partial charge in [-0.25, -0.2) is 13.1 Å². The average molecular weight is 368 g/mol. The van der Waals surface area contributed by atoms with Crippen molar-refractivity contribution in [3.8, 4) is 5.75 Å². The van der Waals surface area contributed by atoms with Crippen LogP contribution in [0.3, 0.4) is 0 Å². The maximum absolute atomic E-state index is 12.3. The predicted octanol–water partition coefficient (Wildman–Crippen LogP) is 2.73. The minimum Gasteiger partial charge on any atom is -0.492 e. The maximum atomic E-state index is 12.3. The van der Waals surface area contributed by atoms with Gasteiger partial charge < -0.3 is 4.74 Å². The van der Waals surface area contributed by atoms with Crippen LogP contribution in [-0.4, -0.2) is 21.1 Å². The van der Waals surface area contributed by atoms with Gasteiger partial charge in [0.05, 0.1) is 10.9 Å². The van der Waals surface area contributed by atoms with Crippen molar-refractivity contribution in [3.63, 3.8) is 0 Å². The number of sulfonamides is 1. The van der Waals surface area contributed by atoms with E-state index in [9.17, 15) is 8.42 Å². The van der Waals surface area contributed by atoms with Crippen LogP contribution >= 0.6 is 15.9 Å². The van der Waals surface area contributed by atoms with Gasteiger partial charge in [-0.3, -0.25) is 0 Å². The van der Waals surface area contributed by atoms with Gasteiger partial charge in [0.2, 0.25) is 10.0 Å². The molecule has 3 rings (SSSR count). The molecule has 0 spiro atoms. The number of hydrogen-bond acceptors (Lipinski definition) is 3. The van der Waals surface area contributed by atoms with Crippen LogP contribution in [-0.2, 0) is 16.4 Å². The molecule has 2 aromatic rings. The lowest BCUT2D eigenvalue weighted by molar-refractivity contribution is 0.254. The number of fused-ring (bicyclic) bond motifs is 1. The van der Waals surface area contributed by atoms with E-state index in [1.165, 1.54) is 0 Å². The summed E-state index contributed by atoms with van der Waals surface area (Å²) in [5.41, 5.74) is 0.997. The number of ether oxygens (including phenoxy) is 1. The molecule has 6 heteroatoms. The Morgan fingerprint density at radius 1 is 1.14 bits per heavy atom. The van der Waals surface area contributed by atoms with Crippen molar-refractivity contribution in [2.75, 3.05) is 6.61 Å². The zero-order chi connectivity index (χ0) is 14.9. The lowest BCUT2D eigenvalue weighted by Gasteiger charge is -2.26. The van der Waals surface area contributed by atoms with Gasteiger partial charge in [-0.2, -0.15) is 0 Å². The summed E-state index contributed by atoms with van der Waals surface area (Å²) < 4.78 is 33.9. The molecule has 1 aliphatic heterocycles. The Hall–Kier alpha value is -1.37. The lowest BCUT2D eigenvalue weighted by Crippen LogP contribution is -2.42. The van der Waals surface area contributed by atoms with Crippen molar-refractivity contribution in [1.82, 2.24) is 4.72 Å². The molecule has 0 radical (unpaired) electrons. The van der Waals surface area contributed by atoms with Gasteiger partial charge in [0.1, 0.15) is 12.4 Å². The molecule has 110 valence electrons. The van der Waals surface area contributed by atoms with E-state index in [0.717, 1.165) is 15.8 Å². The van der Waals surface area contributed by atoms with E-state index >= 15 is 0 Å². The van der Waals surface area contributed by atoms with Crippen LogP contribution in [0.25, 0.3) is 0 Å². The second-order valence-electron chi connectivity index (χ2n) is 4.90. The Kier molecular flexibility index (Phi) is 4.01. The Bertz CT molecular complexity index is 747. The summed E-state index contributed by atoms with van der Waals surface area (Å²) in [7, 11) is -3.51. The largest absolute Gasteiger partial charge is 0.492 e. The fourth-order valence-electron chi connectivity index (χ4n) is 2.33. The summed E-state index contributed by atoms with van der Waals surface area (Å²) in [6.07, 6.45) is 0.612. The van der Waals surface area contributed by atoms with Gasteiger partial charge >= 0.3 is 0 Å². The zero-order valence-electron chi connectivity index (χ0n) is 11.1. The van der Waals surface area contributed by atoms with Crippen molar-refractivity contribution in [3.05, 3.63) is 58.6 Å². The number of halogens is 1. The third-order valence-electron chi connectivity index (χ3n) is 3.30. The van der Waals surface area contributed by atoms with Crippen molar-refractivity contribution in [2.24, 2.45) is 0 Å². The normalized spacial score (nSPS) is 17.9. The number of benzene rings is 2. The Morgan fingerprint density at radius 2 is 1.90 bits per heavy atom. The molecule has 21 heavy (non-hydrogen) atoms. The fraction of sp³-hybridized carbons (Fsp3) is 0.200. The van der Waals surface area contributed by atoms with Crippen molar-refractivity contribution < 1.29 is 13.2 Å². The first-order valence-corrected chi connectivity index (χ1v) is 8.81. The first kappa shape index (κ1) is 14.6. The van der Waals surface area contributed by atoms with Gasteiger partial charge in [-0.15, -0.1) is 0 Å². The van der Waals surface area contributed by atoms with Crippen LogP contribution in [0.15, 0.2) is 57.9 Å². The quantitative estimate of drug-likeness (QED) is 0.907. The number of rotatable bonds is 3. The second kappa shape index (κ2) is 5.79. The first-order valence-electron chi connectivity index (χ1n) is 6.53. The standard InChI is InChI=1S/C15H14BrNO3S/c16-12-6-7-15-11(8-12)9-13(10-20-15)17-21(18,19)14-4-2-1-3-5-14/h1-8,13,17H,9-10H2. The van der Waals surface area contributed by atoms with Crippen LogP contribution in [0.4, 0.5) is 0 Å². The van der Waals surface area contributed by atoms with Gasteiger partial charge in [0.25, 0.3) is 0 Å². The van der Waals surface area contributed by atoms with E-state index in [4.69, 9.17) is 4.74 Å². The van der Waals surface area contributed by atoms with Crippen LogP contribution < -0.4 is 9.46 Å². The van der Waals surface area contributed by atoms with Crippen LogP contribution in [0.5, 0.6) is 5.75 Å². The Morgan fingerprint density at radius 3 is 2.67 bits per heavy atom. The third kappa shape index (κ3) is 3.28. The number of hydrogen-bond donors (Lipinski definition) is 1. The van der Waals surface area contributed by atoms with E-state index < -0.39 is 10.0 Å². The molecule has 0 bridgehead atoms. The molecule has 0 saturated heterocycles. The summed E-state index contributed by atoms with van der Waals surface area (Å²) >= 11 is 3.41.